The summed E-state index contributed by atoms with van der Waals surface area (Å²) in [4.78, 5) is 0. The molecular formula is C13H10ClO. The minimum atomic E-state index is 0.532. The lowest BCUT2D eigenvalue weighted by molar-refractivity contribution is 0.306. The summed E-state index contributed by atoms with van der Waals surface area (Å²) in [6, 6.07) is 18.2. The predicted molar refractivity (Wildman–Crippen MR) is 61.1 cm³/mol. The fourth-order valence-electron chi connectivity index (χ4n) is 1.25. The number of rotatable bonds is 3. The van der Waals surface area contributed by atoms with E-state index in [0.29, 0.717) is 17.4 Å². The van der Waals surface area contributed by atoms with Crippen molar-refractivity contribution in [3.05, 3.63) is 65.2 Å². The van der Waals surface area contributed by atoms with Gasteiger partial charge in [-0.15, -0.1) is 0 Å². The van der Waals surface area contributed by atoms with Crippen LogP contribution in [0.1, 0.15) is 5.56 Å². The average molecular weight is 218 g/mol. The van der Waals surface area contributed by atoms with E-state index in [4.69, 9.17) is 16.3 Å². The van der Waals surface area contributed by atoms with E-state index in [2.05, 4.69) is 6.07 Å². The molecule has 0 aromatic heterocycles. The molecule has 75 valence electrons. The molecule has 2 rings (SSSR count). The van der Waals surface area contributed by atoms with Crippen LogP contribution in [-0.2, 0) is 6.61 Å². The third kappa shape index (κ3) is 2.74. The first-order valence-corrected chi connectivity index (χ1v) is 5.06. The summed E-state index contributed by atoms with van der Waals surface area (Å²) in [6.45, 7) is 0.532. The molecule has 2 aromatic carbocycles. The molecule has 2 heteroatoms. The zero-order valence-corrected chi connectivity index (χ0v) is 8.87. The Labute approximate surface area is 94.3 Å². The van der Waals surface area contributed by atoms with Crippen molar-refractivity contribution in [2.75, 3.05) is 0 Å². The second-order valence-corrected chi connectivity index (χ2v) is 3.54. The van der Waals surface area contributed by atoms with E-state index < -0.39 is 0 Å². The summed E-state index contributed by atoms with van der Waals surface area (Å²) in [5, 5.41) is 0.591. The lowest BCUT2D eigenvalue weighted by Gasteiger charge is -2.07. The maximum Gasteiger partial charge on any atom is 0.138 e. The molecule has 15 heavy (non-hydrogen) atoms. The first-order chi connectivity index (χ1) is 7.36. The Morgan fingerprint density at radius 3 is 2.67 bits per heavy atom. The first-order valence-electron chi connectivity index (χ1n) is 4.68. The van der Waals surface area contributed by atoms with Crippen molar-refractivity contribution < 1.29 is 4.74 Å². The van der Waals surface area contributed by atoms with Crippen molar-refractivity contribution in [2.45, 2.75) is 6.61 Å². The highest BCUT2D eigenvalue weighted by Crippen LogP contribution is 2.23. The Bertz CT molecular complexity index is 426. The molecule has 0 bridgehead atoms. The molecule has 0 heterocycles. The smallest absolute Gasteiger partial charge is 0.138 e. The zero-order chi connectivity index (χ0) is 10.5. The van der Waals surface area contributed by atoms with Crippen LogP contribution in [0.15, 0.2) is 48.5 Å². The van der Waals surface area contributed by atoms with Crippen molar-refractivity contribution in [2.24, 2.45) is 0 Å². The van der Waals surface area contributed by atoms with Crippen LogP contribution >= 0.6 is 11.6 Å². The average Bonchev–Trinajstić information content (AvgIpc) is 2.29. The number of halogens is 1. The Balaban J connectivity index is 2.03. The molecule has 0 amide bonds. The van der Waals surface area contributed by atoms with E-state index in [1.54, 1.807) is 12.1 Å². The van der Waals surface area contributed by atoms with Gasteiger partial charge in [0.25, 0.3) is 0 Å². The highest BCUT2D eigenvalue weighted by atomic mass is 35.5. The van der Waals surface area contributed by atoms with Crippen molar-refractivity contribution in [1.29, 1.82) is 0 Å². The number of hydrogen-bond donors (Lipinski definition) is 0. The molecule has 1 radical (unpaired) electrons. The van der Waals surface area contributed by atoms with E-state index in [0.717, 1.165) is 5.56 Å². The Hall–Kier alpha value is -1.47. The lowest BCUT2D eigenvalue weighted by atomic mass is 10.2. The number of ether oxygens (including phenoxy) is 1. The van der Waals surface area contributed by atoms with E-state index >= 15 is 0 Å². The molecule has 0 aliphatic rings. The van der Waals surface area contributed by atoms with E-state index in [1.807, 2.05) is 36.4 Å². The van der Waals surface area contributed by atoms with Gasteiger partial charge in [0.15, 0.2) is 0 Å². The summed E-state index contributed by atoms with van der Waals surface area (Å²) in [7, 11) is 0. The van der Waals surface area contributed by atoms with Gasteiger partial charge in [0.2, 0.25) is 0 Å². The predicted octanol–water partition coefficient (Wildman–Crippen LogP) is 3.72. The summed E-state index contributed by atoms with van der Waals surface area (Å²) < 4.78 is 5.57. The molecule has 0 aliphatic heterocycles. The van der Waals surface area contributed by atoms with E-state index in [-0.39, 0.29) is 0 Å². The molecular weight excluding hydrogens is 208 g/mol. The normalized spacial score (nSPS) is 9.93. The summed E-state index contributed by atoms with van der Waals surface area (Å²) in [6.07, 6.45) is 0. The van der Waals surface area contributed by atoms with Gasteiger partial charge in [-0.2, -0.15) is 0 Å². The number of benzene rings is 2. The second-order valence-electron chi connectivity index (χ2n) is 3.13. The topological polar surface area (TPSA) is 9.23 Å². The van der Waals surface area contributed by atoms with Crippen molar-refractivity contribution in [3.8, 4) is 5.75 Å². The number of hydrogen-bond acceptors (Lipinski definition) is 1. The van der Waals surface area contributed by atoms with Crippen molar-refractivity contribution >= 4 is 11.6 Å². The fraction of sp³-hybridized carbons (Fsp3) is 0.0769. The highest BCUT2D eigenvalue weighted by Gasteiger charge is 1.99. The SMILES string of the molecule is Clc1c[c]ccc1OCc1ccccc1. The minimum Gasteiger partial charge on any atom is -0.487 e. The Kier molecular flexibility index (Phi) is 3.25. The summed E-state index contributed by atoms with van der Waals surface area (Å²) >= 11 is 5.93. The fourth-order valence-corrected chi connectivity index (χ4v) is 1.43. The van der Waals surface area contributed by atoms with Gasteiger partial charge in [-0.25, -0.2) is 0 Å². The van der Waals surface area contributed by atoms with Gasteiger partial charge < -0.3 is 4.74 Å². The summed E-state index contributed by atoms with van der Waals surface area (Å²) in [5.74, 6) is 0.694. The van der Waals surface area contributed by atoms with E-state index in [9.17, 15) is 0 Å². The van der Waals surface area contributed by atoms with Crippen LogP contribution in [0.25, 0.3) is 0 Å². The molecule has 0 aliphatic carbocycles. The van der Waals surface area contributed by atoms with Crippen LogP contribution in [0, 0.1) is 6.07 Å². The molecule has 2 aromatic rings. The van der Waals surface area contributed by atoms with Gasteiger partial charge in [-0.05, 0) is 23.8 Å². The largest absolute Gasteiger partial charge is 0.487 e. The Morgan fingerprint density at radius 2 is 1.93 bits per heavy atom. The molecule has 1 nitrogen and oxygen atoms in total. The zero-order valence-electron chi connectivity index (χ0n) is 8.11. The second kappa shape index (κ2) is 4.85. The van der Waals surface area contributed by atoms with E-state index in [1.165, 1.54) is 0 Å². The summed E-state index contributed by atoms with van der Waals surface area (Å²) in [5.41, 5.74) is 1.13. The van der Waals surface area contributed by atoms with Crippen LogP contribution < -0.4 is 4.74 Å². The first kappa shape index (κ1) is 10.1. The molecule has 0 atom stereocenters. The van der Waals surface area contributed by atoms with Crippen LogP contribution in [0.2, 0.25) is 5.02 Å². The van der Waals surface area contributed by atoms with Gasteiger partial charge in [-0.3, -0.25) is 0 Å². The molecule has 0 saturated carbocycles. The van der Waals surface area contributed by atoms with Crippen LogP contribution in [-0.4, -0.2) is 0 Å². The van der Waals surface area contributed by atoms with Gasteiger partial charge in [0, 0.05) is 0 Å². The van der Waals surface area contributed by atoms with Gasteiger partial charge in [0.05, 0.1) is 5.02 Å². The Morgan fingerprint density at radius 1 is 1.13 bits per heavy atom. The maximum absolute atomic E-state index is 5.93. The van der Waals surface area contributed by atoms with Crippen molar-refractivity contribution in [3.63, 3.8) is 0 Å². The van der Waals surface area contributed by atoms with Crippen LogP contribution in [0.5, 0.6) is 5.75 Å². The molecule has 0 unspecified atom stereocenters. The quantitative estimate of drug-likeness (QED) is 0.762. The minimum absolute atomic E-state index is 0.532. The van der Waals surface area contributed by atoms with Crippen molar-refractivity contribution in [1.82, 2.24) is 0 Å². The molecule has 0 saturated heterocycles. The third-order valence-electron chi connectivity index (χ3n) is 2.01. The van der Waals surface area contributed by atoms with Gasteiger partial charge >= 0.3 is 0 Å². The molecule has 0 fully saturated rings. The maximum atomic E-state index is 5.93. The van der Waals surface area contributed by atoms with Crippen LogP contribution in [0.3, 0.4) is 0 Å². The van der Waals surface area contributed by atoms with Gasteiger partial charge in [-0.1, -0.05) is 48.0 Å². The molecule has 0 N–H and O–H groups in total. The highest BCUT2D eigenvalue weighted by molar-refractivity contribution is 6.32. The van der Waals surface area contributed by atoms with Gasteiger partial charge in [0.1, 0.15) is 12.4 Å². The standard InChI is InChI=1S/C13H10ClO/c14-12-8-4-5-9-13(12)15-10-11-6-2-1-3-7-11/h1-3,5-9H,10H2. The lowest BCUT2D eigenvalue weighted by Crippen LogP contribution is -1.95. The third-order valence-corrected chi connectivity index (χ3v) is 2.31. The van der Waals surface area contributed by atoms with Crippen LogP contribution in [0.4, 0.5) is 0 Å². The molecule has 0 spiro atoms. The monoisotopic (exact) mass is 217 g/mol.